The van der Waals surface area contributed by atoms with E-state index in [1.165, 1.54) is 18.0 Å². The van der Waals surface area contributed by atoms with Gasteiger partial charge in [-0.2, -0.15) is 0 Å². The zero-order valence-corrected chi connectivity index (χ0v) is 14.8. The average molecular weight is 384 g/mol. The summed E-state index contributed by atoms with van der Waals surface area (Å²) >= 11 is 0. The van der Waals surface area contributed by atoms with Gasteiger partial charge < -0.3 is 10.2 Å². The summed E-state index contributed by atoms with van der Waals surface area (Å²) in [5, 5.41) is 2.19. The highest BCUT2D eigenvalue weighted by Crippen LogP contribution is 2.36. The van der Waals surface area contributed by atoms with Gasteiger partial charge >= 0.3 is 0 Å². The lowest BCUT2D eigenvalue weighted by Crippen LogP contribution is -2.26. The van der Waals surface area contributed by atoms with E-state index in [-0.39, 0.29) is 11.6 Å². The Morgan fingerprint density at radius 3 is 2.54 bits per heavy atom. The second-order valence-corrected chi connectivity index (χ2v) is 6.50. The van der Waals surface area contributed by atoms with Gasteiger partial charge in [-0.3, -0.25) is 4.79 Å². The molecular weight excluding hydrogens is 369 g/mol. The predicted molar refractivity (Wildman–Crippen MR) is 98.0 cm³/mol. The molecule has 1 aromatic heterocycles. The molecule has 1 aliphatic rings. The van der Waals surface area contributed by atoms with Crippen molar-refractivity contribution in [1.82, 2.24) is 9.97 Å². The van der Waals surface area contributed by atoms with Crippen LogP contribution in [0.15, 0.2) is 48.8 Å². The van der Waals surface area contributed by atoms with E-state index >= 15 is 0 Å². The Morgan fingerprint density at radius 1 is 1.07 bits per heavy atom. The summed E-state index contributed by atoms with van der Waals surface area (Å²) in [5.41, 5.74) is 1.80. The topological polar surface area (TPSA) is 58.1 Å². The smallest absolute Gasteiger partial charge is 0.258 e. The lowest BCUT2D eigenvalue weighted by molar-refractivity contribution is 0.102. The van der Waals surface area contributed by atoms with Gasteiger partial charge in [-0.05, 0) is 37.1 Å². The molecule has 2 aromatic carbocycles. The third-order valence-corrected chi connectivity index (χ3v) is 4.61. The SMILES string of the molecule is CC1Cc2ccccc2N1c1ncc(C(=O)Nc2ccc(F)c(F)c2F)cn1. The molecule has 0 fully saturated rings. The number of aromatic nitrogens is 2. The largest absolute Gasteiger partial charge is 0.319 e. The highest BCUT2D eigenvalue weighted by Gasteiger charge is 2.28. The normalized spacial score (nSPS) is 15.4. The number of fused-ring (bicyclic) bond motifs is 1. The van der Waals surface area contributed by atoms with Crippen molar-refractivity contribution >= 4 is 23.2 Å². The van der Waals surface area contributed by atoms with Gasteiger partial charge in [0.25, 0.3) is 5.91 Å². The molecule has 1 aliphatic heterocycles. The third-order valence-electron chi connectivity index (χ3n) is 4.61. The van der Waals surface area contributed by atoms with Crippen LogP contribution in [0, 0.1) is 17.5 Å². The Morgan fingerprint density at radius 2 is 1.79 bits per heavy atom. The van der Waals surface area contributed by atoms with Crippen LogP contribution in [0.25, 0.3) is 0 Å². The molecule has 28 heavy (non-hydrogen) atoms. The molecule has 1 amide bonds. The molecule has 0 saturated carbocycles. The molecule has 1 N–H and O–H groups in total. The second kappa shape index (κ2) is 6.95. The minimum atomic E-state index is -1.65. The van der Waals surface area contributed by atoms with Crippen molar-refractivity contribution in [2.45, 2.75) is 19.4 Å². The van der Waals surface area contributed by atoms with E-state index in [1.54, 1.807) is 0 Å². The summed E-state index contributed by atoms with van der Waals surface area (Å²) < 4.78 is 40.0. The number of nitrogens with zero attached hydrogens (tertiary/aromatic N) is 3. The van der Waals surface area contributed by atoms with Crippen LogP contribution in [-0.4, -0.2) is 21.9 Å². The van der Waals surface area contributed by atoms with E-state index in [9.17, 15) is 18.0 Å². The molecular formula is C20H15F3N4O. The maximum Gasteiger partial charge on any atom is 0.258 e. The fourth-order valence-electron chi connectivity index (χ4n) is 3.25. The van der Waals surface area contributed by atoms with Gasteiger partial charge in [0.05, 0.1) is 11.3 Å². The van der Waals surface area contributed by atoms with Crippen molar-refractivity contribution in [2.24, 2.45) is 0 Å². The molecule has 8 heteroatoms. The van der Waals surface area contributed by atoms with Gasteiger partial charge in [-0.25, -0.2) is 23.1 Å². The molecule has 142 valence electrons. The molecule has 1 atom stereocenters. The molecule has 3 aromatic rings. The quantitative estimate of drug-likeness (QED) is 0.687. The fraction of sp³-hybridized carbons (Fsp3) is 0.150. The lowest BCUT2D eigenvalue weighted by Gasteiger charge is -2.22. The van der Waals surface area contributed by atoms with Gasteiger partial charge in [-0.15, -0.1) is 0 Å². The second-order valence-electron chi connectivity index (χ2n) is 6.50. The molecule has 0 bridgehead atoms. The Labute approximate surface area is 158 Å². The first-order chi connectivity index (χ1) is 13.5. The molecule has 1 unspecified atom stereocenters. The van der Waals surface area contributed by atoms with Crippen LogP contribution in [0.2, 0.25) is 0 Å². The van der Waals surface area contributed by atoms with Crippen LogP contribution in [0.3, 0.4) is 0 Å². The summed E-state index contributed by atoms with van der Waals surface area (Å²) in [6.45, 7) is 2.05. The minimum absolute atomic E-state index is 0.0630. The van der Waals surface area contributed by atoms with Crippen molar-refractivity contribution in [3.8, 4) is 0 Å². The number of amides is 1. The van der Waals surface area contributed by atoms with E-state index < -0.39 is 29.0 Å². The van der Waals surface area contributed by atoms with Gasteiger partial charge in [0.15, 0.2) is 17.5 Å². The average Bonchev–Trinajstić information content (AvgIpc) is 3.04. The number of hydrogen-bond acceptors (Lipinski definition) is 4. The van der Waals surface area contributed by atoms with E-state index in [1.807, 2.05) is 29.2 Å². The molecule has 2 heterocycles. The number of halogens is 3. The van der Waals surface area contributed by atoms with Gasteiger partial charge in [0, 0.05) is 24.1 Å². The summed E-state index contributed by atoms with van der Waals surface area (Å²) in [4.78, 5) is 22.8. The molecule has 4 rings (SSSR count). The van der Waals surface area contributed by atoms with E-state index in [4.69, 9.17) is 0 Å². The number of rotatable bonds is 3. The first kappa shape index (κ1) is 18.0. The summed E-state index contributed by atoms with van der Waals surface area (Å²) in [5.74, 6) is -4.73. The number of carbonyl (C=O) groups excluding carboxylic acids is 1. The number of anilines is 3. The van der Waals surface area contributed by atoms with Crippen LogP contribution in [0.5, 0.6) is 0 Å². The van der Waals surface area contributed by atoms with Gasteiger partial charge in [-0.1, -0.05) is 18.2 Å². The summed E-state index contributed by atoms with van der Waals surface area (Å²) in [7, 11) is 0. The Kier molecular flexibility index (Phi) is 4.46. The molecule has 0 spiro atoms. The highest BCUT2D eigenvalue weighted by molar-refractivity contribution is 6.04. The Bertz CT molecular complexity index is 1060. The zero-order valence-electron chi connectivity index (χ0n) is 14.8. The Hall–Kier alpha value is -3.42. The van der Waals surface area contributed by atoms with Crippen molar-refractivity contribution < 1.29 is 18.0 Å². The van der Waals surface area contributed by atoms with E-state index in [0.29, 0.717) is 5.95 Å². The zero-order chi connectivity index (χ0) is 19.8. The number of carbonyl (C=O) groups is 1. The van der Waals surface area contributed by atoms with Crippen molar-refractivity contribution in [2.75, 3.05) is 10.2 Å². The van der Waals surface area contributed by atoms with Crippen molar-refractivity contribution in [1.29, 1.82) is 0 Å². The van der Waals surface area contributed by atoms with Crippen LogP contribution >= 0.6 is 0 Å². The molecule has 5 nitrogen and oxygen atoms in total. The number of para-hydroxylation sites is 1. The summed E-state index contributed by atoms with van der Waals surface area (Å²) in [6.07, 6.45) is 3.48. The number of benzene rings is 2. The first-order valence-corrected chi connectivity index (χ1v) is 8.59. The minimum Gasteiger partial charge on any atom is -0.319 e. The van der Waals surface area contributed by atoms with Crippen LogP contribution in [0.1, 0.15) is 22.8 Å². The monoisotopic (exact) mass is 384 g/mol. The lowest BCUT2D eigenvalue weighted by atomic mass is 10.1. The van der Waals surface area contributed by atoms with Gasteiger partial charge in [0.2, 0.25) is 5.95 Å². The van der Waals surface area contributed by atoms with Crippen molar-refractivity contribution in [3.05, 3.63) is 77.4 Å². The standard InChI is InChI=1S/C20H15F3N4O/c1-11-8-12-4-2-3-5-16(12)27(11)20-24-9-13(10-25-20)19(28)26-15-7-6-14(21)17(22)18(15)23/h2-7,9-11H,8H2,1H3,(H,26,28). The highest BCUT2D eigenvalue weighted by atomic mass is 19.2. The van der Waals surface area contributed by atoms with Crippen LogP contribution in [0.4, 0.5) is 30.5 Å². The number of hydrogen-bond donors (Lipinski definition) is 1. The van der Waals surface area contributed by atoms with Crippen LogP contribution in [-0.2, 0) is 6.42 Å². The van der Waals surface area contributed by atoms with Gasteiger partial charge in [0.1, 0.15) is 0 Å². The maximum atomic E-state index is 13.7. The third kappa shape index (κ3) is 3.06. The van der Waals surface area contributed by atoms with E-state index in [0.717, 1.165) is 24.2 Å². The fourth-order valence-corrected chi connectivity index (χ4v) is 3.25. The van der Waals surface area contributed by atoms with Crippen LogP contribution < -0.4 is 10.2 Å². The van der Waals surface area contributed by atoms with E-state index in [2.05, 4.69) is 22.2 Å². The molecule has 0 saturated heterocycles. The maximum absolute atomic E-state index is 13.7. The molecule has 0 radical (unpaired) electrons. The number of nitrogens with one attached hydrogen (secondary N) is 1. The predicted octanol–water partition coefficient (Wildman–Crippen LogP) is 4.23. The summed E-state index contributed by atoms with van der Waals surface area (Å²) in [6, 6.07) is 9.78. The Balaban J connectivity index is 1.56. The first-order valence-electron chi connectivity index (χ1n) is 8.59. The molecule has 0 aliphatic carbocycles. The van der Waals surface area contributed by atoms with Crippen molar-refractivity contribution in [3.63, 3.8) is 0 Å².